The highest BCUT2D eigenvalue weighted by Gasteiger charge is 2.24. The molecule has 0 spiro atoms. The Bertz CT molecular complexity index is 547. The van der Waals surface area contributed by atoms with E-state index >= 15 is 0 Å². The van der Waals surface area contributed by atoms with Gasteiger partial charge in [-0.3, -0.25) is 9.89 Å². The van der Waals surface area contributed by atoms with Crippen LogP contribution < -0.4 is 10.6 Å². The summed E-state index contributed by atoms with van der Waals surface area (Å²) in [6, 6.07) is 4.78. The summed E-state index contributed by atoms with van der Waals surface area (Å²) in [5, 5.41) is 6.85. The molecule has 154 valence electrons. The molecule has 2 N–H and O–H groups in total. The van der Waals surface area contributed by atoms with Crippen LogP contribution >= 0.6 is 11.3 Å². The van der Waals surface area contributed by atoms with Crippen molar-refractivity contribution in [2.45, 2.75) is 19.4 Å². The topological polar surface area (TPSA) is 67.4 Å². The van der Waals surface area contributed by atoms with Gasteiger partial charge in [-0.2, -0.15) is 0 Å². The minimum atomic E-state index is 0.337. The van der Waals surface area contributed by atoms with E-state index in [0.717, 1.165) is 58.4 Å². The first-order valence-corrected chi connectivity index (χ1v) is 10.5. The number of methoxy groups -OCH3 is 1. The second-order valence-corrected chi connectivity index (χ2v) is 7.77. The number of guanidine groups is 1. The number of aryl methyl sites for hydroxylation is 1. The van der Waals surface area contributed by atoms with E-state index in [2.05, 4.69) is 39.6 Å². The van der Waals surface area contributed by atoms with Crippen LogP contribution in [0.25, 0.3) is 0 Å². The Kier molecular flexibility index (Phi) is 10.7. The quantitative estimate of drug-likeness (QED) is 0.336. The monoisotopic (exact) mass is 398 g/mol. The molecule has 1 aliphatic heterocycles. The van der Waals surface area contributed by atoms with E-state index in [0.29, 0.717) is 19.3 Å². The van der Waals surface area contributed by atoms with Gasteiger partial charge in [0, 0.05) is 56.7 Å². The fourth-order valence-corrected chi connectivity index (χ4v) is 3.98. The van der Waals surface area contributed by atoms with Gasteiger partial charge in [-0.25, -0.2) is 0 Å². The molecule has 0 aliphatic carbocycles. The molecule has 1 aromatic rings. The molecular formula is C19H34N4O3S. The highest BCUT2D eigenvalue weighted by atomic mass is 32.1. The van der Waals surface area contributed by atoms with Gasteiger partial charge >= 0.3 is 0 Å². The second-order valence-electron chi connectivity index (χ2n) is 6.45. The Hall–Kier alpha value is -1.19. The molecule has 2 heterocycles. The van der Waals surface area contributed by atoms with E-state index in [4.69, 9.17) is 14.2 Å². The molecule has 2 rings (SSSR count). The average molecular weight is 399 g/mol. The van der Waals surface area contributed by atoms with E-state index in [1.807, 2.05) is 18.4 Å². The Balaban J connectivity index is 1.78. The number of nitrogens with one attached hydrogen (secondary N) is 2. The minimum absolute atomic E-state index is 0.337. The Morgan fingerprint density at radius 2 is 2.07 bits per heavy atom. The fraction of sp³-hybridized carbons (Fsp3) is 0.737. The third-order valence-corrected chi connectivity index (χ3v) is 5.55. The van der Waals surface area contributed by atoms with Crippen LogP contribution in [-0.4, -0.2) is 84.2 Å². The maximum Gasteiger partial charge on any atom is 0.191 e. The Labute approximate surface area is 167 Å². The maximum atomic E-state index is 5.52. The Morgan fingerprint density at radius 1 is 1.26 bits per heavy atom. The first-order valence-electron chi connectivity index (χ1n) is 9.64. The molecule has 1 saturated heterocycles. The van der Waals surface area contributed by atoms with Crippen LogP contribution in [0.1, 0.15) is 22.2 Å². The van der Waals surface area contributed by atoms with Gasteiger partial charge in [-0.1, -0.05) is 0 Å². The zero-order valence-corrected chi connectivity index (χ0v) is 17.6. The molecule has 0 amide bonds. The SMILES string of the molecule is CN=C(NCCCOCCOC)NCC(c1ccc(C)s1)N1CCOCC1. The number of rotatable bonds is 11. The second kappa shape index (κ2) is 13.1. The van der Waals surface area contributed by atoms with Crippen LogP contribution in [0.4, 0.5) is 0 Å². The zero-order chi connectivity index (χ0) is 19.3. The summed E-state index contributed by atoms with van der Waals surface area (Å²) < 4.78 is 16.0. The van der Waals surface area contributed by atoms with E-state index in [1.54, 1.807) is 7.11 Å². The van der Waals surface area contributed by atoms with Crippen molar-refractivity contribution in [3.63, 3.8) is 0 Å². The van der Waals surface area contributed by atoms with E-state index < -0.39 is 0 Å². The highest BCUT2D eigenvalue weighted by molar-refractivity contribution is 7.12. The van der Waals surface area contributed by atoms with E-state index in [-0.39, 0.29) is 0 Å². The molecule has 7 nitrogen and oxygen atoms in total. The maximum absolute atomic E-state index is 5.52. The molecule has 1 aliphatic rings. The van der Waals surface area contributed by atoms with Crippen LogP contribution in [0.5, 0.6) is 0 Å². The molecule has 1 atom stereocenters. The Morgan fingerprint density at radius 3 is 2.74 bits per heavy atom. The van der Waals surface area contributed by atoms with E-state index in [1.165, 1.54) is 9.75 Å². The van der Waals surface area contributed by atoms with Crippen LogP contribution in [0.2, 0.25) is 0 Å². The smallest absolute Gasteiger partial charge is 0.191 e. The lowest BCUT2D eigenvalue weighted by Gasteiger charge is -2.34. The lowest BCUT2D eigenvalue weighted by molar-refractivity contribution is 0.0177. The van der Waals surface area contributed by atoms with Crippen LogP contribution in [0.15, 0.2) is 17.1 Å². The summed E-state index contributed by atoms with van der Waals surface area (Å²) in [5.41, 5.74) is 0. The predicted molar refractivity (Wildman–Crippen MR) is 111 cm³/mol. The molecule has 0 saturated carbocycles. The van der Waals surface area contributed by atoms with Gasteiger partial charge in [0.05, 0.1) is 32.5 Å². The standard InChI is InChI=1S/C19H34N4O3S/c1-16-5-6-18(27-16)17(23-8-11-26-12-9-23)15-22-19(20-2)21-7-4-10-25-14-13-24-3/h5-6,17H,4,7-15H2,1-3H3,(H2,20,21,22). The lowest BCUT2D eigenvalue weighted by Crippen LogP contribution is -2.46. The van der Waals surface area contributed by atoms with Crippen molar-refractivity contribution >= 4 is 17.3 Å². The summed E-state index contributed by atoms with van der Waals surface area (Å²) in [6.07, 6.45) is 0.932. The first-order chi connectivity index (χ1) is 13.2. The number of hydrogen-bond acceptors (Lipinski definition) is 6. The predicted octanol–water partition coefficient (Wildman–Crippen LogP) is 1.65. The normalized spacial score (nSPS) is 17.1. The van der Waals surface area contributed by atoms with Crippen LogP contribution in [-0.2, 0) is 14.2 Å². The van der Waals surface area contributed by atoms with Crippen molar-refractivity contribution in [3.05, 3.63) is 21.9 Å². The summed E-state index contributed by atoms with van der Waals surface area (Å²) >= 11 is 1.87. The van der Waals surface area contributed by atoms with Crippen molar-refractivity contribution in [1.29, 1.82) is 0 Å². The molecule has 0 aromatic carbocycles. The summed E-state index contributed by atoms with van der Waals surface area (Å²) in [5.74, 6) is 0.832. The van der Waals surface area contributed by atoms with Gasteiger partial charge in [0.2, 0.25) is 0 Å². The van der Waals surface area contributed by atoms with Crippen molar-refractivity contribution in [1.82, 2.24) is 15.5 Å². The number of aliphatic imine (C=N–C) groups is 1. The van der Waals surface area contributed by atoms with Crippen LogP contribution in [0.3, 0.4) is 0 Å². The van der Waals surface area contributed by atoms with Gasteiger partial charge < -0.3 is 24.8 Å². The first kappa shape index (κ1) is 22.1. The fourth-order valence-electron chi connectivity index (χ4n) is 2.97. The summed E-state index contributed by atoms with van der Waals surface area (Å²) in [4.78, 5) is 9.58. The minimum Gasteiger partial charge on any atom is -0.382 e. The number of ether oxygens (including phenoxy) is 3. The summed E-state index contributed by atoms with van der Waals surface area (Å²) in [6.45, 7) is 9.35. The van der Waals surface area contributed by atoms with E-state index in [9.17, 15) is 0 Å². The molecular weight excluding hydrogens is 364 g/mol. The molecule has 1 unspecified atom stereocenters. The third kappa shape index (κ3) is 8.15. The van der Waals surface area contributed by atoms with Crippen molar-refractivity contribution < 1.29 is 14.2 Å². The molecule has 8 heteroatoms. The molecule has 0 radical (unpaired) electrons. The zero-order valence-electron chi connectivity index (χ0n) is 16.8. The number of thiophene rings is 1. The summed E-state index contributed by atoms with van der Waals surface area (Å²) in [7, 11) is 3.49. The number of hydrogen-bond donors (Lipinski definition) is 2. The van der Waals surface area contributed by atoms with Crippen LogP contribution in [0, 0.1) is 6.92 Å². The van der Waals surface area contributed by atoms with Gasteiger partial charge in [-0.05, 0) is 25.5 Å². The van der Waals surface area contributed by atoms with Crippen molar-refractivity contribution in [2.75, 3.05) is 73.4 Å². The number of nitrogens with zero attached hydrogens (tertiary/aromatic N) is 2. The molecule has 1 fully saturated rings. The molecule has 1 aromatic heterocycles. The average Bonchev–Trinajstić information content (AvgIpc) is 3.12. The molecule has 0 bridgehead atoms. The largest absolute Gasteiger partial charge is 0.382 e. The van der Waals surface area contributed by atoms with Gasteiger partial charge in [-0.15, -0.1) is 11.3 Å². The van der Waals surface area contributed by atoms with Crippen molar-refractivity contribution in [3.8, 4) is 0 Å². The van der Waals surface area contributed by atoms with Gasteiger partial charge in [0.1, 0.15) is 0 Å². The van der Waals surface area contributed by atoms with Crippen molar-refractivity contribution in [2.24, 2.45) is 4.99 Å². The lowest BCUT2D eigenvalue weighted by atomic mass is 10.2. The highest BCUT2D eigenvalue weighted by Crippen LogP contribution is 2.27. The van der Waals surface area contributed by atoms with Gasteiger partial charge in [0.25, 0.3) is 0 Å². The number of morpholine rings is 1. The molecule has 27 heavy (non-hydrogen) atoms. The van der Waals surface area contributed by atoms with Gasteiger partial charge in [0.15, 0.2) is 5.96 Å². The third-order valence-electron chi connectivity index (χ3n) is 4.45.